The summed E-state index contributed by atoms with van der Waals surface area (Å²) in [6.07, 6.45) is -4.40. The van der Waals surface area contributed by atoms with E-state index in [9.17, 15) is 18.0 Å². The summed E-state index contributed by atoms with van der Waals surface area (Å²) in [6, 6.07) is 13.7. The van der Waals surface area contributed by atoms with Crippen LogP contribution in [0.5, 0.6) is 5.75 Å². The van der Waals surface area contributed by atoms with Crippen LogP contribution in [-0.2, 0) is 22.3 Å². The molecule has 0 spiro atoms. The summed E-state index contributed by atoms with van der Waals surface area (Å²) in [5.74, 6) is -0.0662. The van der Waals surface area contributed by atoms with Crippen LogP contribution in [0, 0.1) is 0 Å². The summed E-state index contributed by atoms with van der Waals surface area (Å²) in [4.78, 5) is 14.0. The minimum Gasteiger partial charge on any atom is -0.484 e. The maximum Gasteiger partial charge on any atom is 0.416 e. The highest BCUT2D eigenvalue weighted by Gasteiger charge is 2.30. The second-order valence-electron chi connectivity index (χ2n) is 5.60. The Bertz CT molecular complexity index is 687. The van der Waals surface area contributed by atoms with E-state index in [2.05, 4.69) is 0 Å². The fraction of sp³-hybridized carbons (Fsp3) is 0.316. The number of ether oxygens (including phenoxy) is 2. The van der Waals surface area contributed by atoms with Crippen molar-refractivity contribution in [1.29, 1.82) is 0 Å². The average Bonchev–Trinajstić information content (AvgIpc) is 2.63. The lowest BCUT2D eigenvalue weighted by Crippen LogP contribution is -2.36. The van der Waals surface area contributed by atoms with Gasteiger partial charge in [0, 0.05) is 20.2 Å². The van der Waals surface area contributed by atoms with Gasteiger partial charge in [0.25, 0.3) is 5.91 Å². The maximum absolute atomic E-state index is 12.6. The van der Waals surface area contributed by atoms with Crippen molar-refractivity contribution < 1.29 is 27.4 Å². The van der Waals surface area contributed by atoms with E-state index in [0.29, 0.717) is 19.7 Å². The van der Waals surface area contributed by atoms with Crippen molar-refractivity contribution in [2.45, 2.75) is 12.7 Å². The summed E-state index contributed by atoms with van der Waals surface area (Å²) in [7, 11) is 1.55. The van der Waals surface area contributed by atoms with Crippen LogP contribution < -0.4 is 4.74 Å². The Morgan fingerprint density at radius 2 is 1.69 bits per heavy atom. The van der Waals surface area contributed by atoms with E-state index in [4.69, 9.17) is 9.47 Å². The Labute approximate surface area is 150 Å². The lowest BCUT2D eigenvalue weighted by atomic mass is 10.2. The standard InChI is InChI=1S/C19H20F3NO3/c1-25-12-11-23(13-15-5-3-2-4-6-15)18(24)14-26-17-9-7-16(8-10-17)19(20,21)22/h2-10H,11-14H2,1H3. The van der Waals surface area contributed by atoms with E-state index in [1.54, 1.807) is 12.0 Å². The van der Waals surface area contributed by atoms with Gasteiger partial charge in [-0.05, 0) is 29.8 Å². The van der Waals surface area contributed by atoms with E-state index in [0.717, 1.165) is 17.7 Å². The average molecular weight is 367 g/mol. The topological polar surface area (TPSA) is 38.8 Å². The molecule has 0 aliphatic heterocycles. The zero-order valence-corrected chi connectivity index (χ0v) is 14.3. The molecule has 2 aromatic rings. The summed E-state index contributed by atoms with van der Waals surface area (Å²) in [5.41, 5.74) is 0.202. The fourth-order valence-corrected chi connectivity index (χ4v) is 2.27. The van der Waals surface area contributed by atoms with Crippen LogP contribution in [0.4, 0.5) is 13.2 Å². The number of carbonyl (C=O) groups is 1. The number of carbonyl (C=O) groups excluding carboxylic acids is 1. The molecule has 4 nitrogen and oxygen atoms in total. The molecule has 1 amide bonds. The van der Waals surface area contributed by atoms with Crippen LogP contribution in [0.25, 0.3) is 0 Å². The molecular formula is C19H20F3NO3. The summed E-state index contributed by atoms with van der Waals surface area (Å²) >= 11 is 0. The normalized spacial score (nSPS) is 11.2. The van der Waals surface area contributed by atoms with Crippen molar-refractivity contribution in [3.8, 4) is 5.75 Å². The van der Waals surface area contributed by atoms with Gasteiger partial charge in [0.15, 0.2) is 6.61 Å². The summed E-state index contributed by atoms with van der Waals surface area (Å²) in [6.45, 7) is 0.904. The van der Waals surface area contributed by atoms with E-state index in [1.165, 1.54) is 12.1 Å². The monoisotopic (exact) mass is 367 g/mol. The third-order valence-corrected chi connectivity index (χ3v) is 3.68. The molecule has 0 fully saturated rings. The third kappa shape index (κ3) is 6.07. The van der Waals surface area contributed by atoms with E-state index < -0.39 is 11.7 Å². The number of alkyl halides is 3. The summed E-state index contributed by atoms with van der Waals surface area (Å²) < 4.78 is 48.0. The molecule has 0 aliphatic rings. The zero-order valence-electron chi connectivity index (χ0n) is 14.3. The molecule has 0 unspecified atom stereocenters. The first-order chi connectivity index (χ1) is 12.4. The van der Waals surface area contributed by atoms with E-state index in [1.807, 2.05) is 30.3 Å². The molecule has 2 aromatic carbocycles. The second kappa shape index (κ2) is 9.24. The molecule has 0 N–H and O–H groups in total. The molecule has 0 aliphatic carbocycles. The quantitative estimate of drug-likeness (QED) is 0.713. The van der Waals surface area contributed by atoms with Gasteiger partial charge in [0.1, 0.15) is 5.75 Å². The van der Waals surface area contributed by atoms with Crippen molar-refractivity contribution in [3.05, 3.63) is 65.7 Å². The van der Waals surface area contributed by atoms with Gasteiger partial charge in [0.05, 0.1) is 12.2 Å². The lowest BCUT2D eigenvalue weighted by molar-refractivity contribution is -0.138. The SMILES string of the molecule is COCCN(Cc1ccccc1)C(=O)COc1ccc(C(F)(F)F)cc1. The van der Waals surface area contributed by atoms with E-state index in [-0.39, 0.29) is 18.3 Å². The van der Waals surface area contributed by atoms with Gasteiger partial charge >= 0.3 is 6.18 Å². The van der Waals surface area contributed by atoms with Crippen LogP contribution >= 0.6 is 0 Å². The molecule has 0 bridgehead atoms. The Kier molecular flexibility index (Phi) is 7.03. The number of methoxy groups -OCH3 is 1. The number of amides is 1. The molecule has 0 atom stereocenters. The van der Waals surface area contributed by atoms with Crippen LogP contribution in [0.1, 0.15) is 11.1 Å². The lowest BCUT2D eigenvalue weighted by Gasteiger charge is -2.22. The molecule has 140 valence electrons. The third-order valence-electron chi connectivity index (χ3n) is 3.68. The van der Waals surface area contributed by atoms with Gasteiger partial charge in [-0.2, -0.15) is 13.2 Å². The number of nitrogens with zero attached hydrogens (tertiary/aromatic N) is 1. The molecule has 0 saturated carbocycles. The molecule has 0 radical (unpaired) electrons. The zero-order chi connectivity index (χ0) is 19.0. The molecule has 7 heteroatoms. The largest absolute Gasteiger partial charge is 0.484 e. The molecule has 0 heterocycles. The van der Waals surface area contributed by atoms with Crippen molar-refractivity contribution in [1.82, 2.24) is 4.90 Å². The predicted molar refractivity (Wildman–Crippen MR) is 90.7 cm³/mol. The minimum absolute atomic E-state index is 0.206. The Balaban J connectivity index is 1.95. The fourth-order valence-electron chi connectivity index (χ4n) is 2.27. The van der Waals surface area contributed by atoms with Crippen LogP contribution in [0.3, 0.4) is 0 Å². The van der Waals surface area contributed by atoms with Crippen molar-refractivity contribution in [2.75, 3.05) is 26.9 Å². The van der Waals surface area contributed by atoms with Crippen LogP contribution in [0.2, 0.25) is 0 Å². The van der Waals surface area contributed by atoms with Gasteiger partial charge in [-0.3, -0.25) is 4.79 Å². The molecular weight excluding hydrogens is 347 g/mol. The molecule has 2 rings (SSSR count). The van der Waals surface area contributed by atoms with E-state index >= 15 is 0 Å². The molecule has 0 saturated heterocycles. The van der Waals surface area contributed by atoms with Crippen molar-refractivity contribution in [3.63, 3.8) is 0 Å². The van der Waals surface area contributed by atoms with Gasteiger partial charge in [-0.1, -0.05) is 30.3 Å². The second-order valence-corrected chi connectivity index (χ2v) is 5.60. The van der Waals surface area contributed by atoms with Gasteiger partial charge in [-0.25, -0.2) is 0 Å². The number of rotatable bonds is 8. The first-order valence-electron chi connectivity index (χ1n) is 8.01. The van der Waals surface area contributed by atoms with Crippen LogP contribution in [-0.4, -0.2) is 37.7 Å². The Morgan fingerprint density at radius 3 is 2.27 bits per heavy atom. The summed E-state index contributed by atoms with van der Waals surface area (Å²) in [5, 5.41) is 0. The smallest absolute Gasteiger partial charge is 0.416 e. The number of hydrogen-bond acceptors (Lipinski definition) is 3. The van der Waals surface area contributed by atoms with Gasteiger partial charge in [-0.15, -0.1) is 0 Å². The Morgan fingerprint density at radius 1 is 1.04 bits per heavy atom. The van der Waals surface area contributed by atoms with Crippen molar-refractivity contribution in [2.24, 2.45) is 0 Å². The highest BCUT2D eigenvalue weighted by molar-refractivity contribution is 5.77. The first-order valence-corrected chi connectivity index (χ1v) is 8.01. The molecule has 26 heavy (non-hydrogen) atoms. The molecule has 0 aromatic heterocycles. The highest BCUT2D eigenvalue weighted by atomic mass is 19.4. The minimum atomic E-state index is -4.40. The van der Waals surface area contributed by atoms with Crippen LogP contribution in [0.15, 0.2) is 54.6 Å². The Hall–Kier alpha value is -2.54. The number of halogens is 3. The number of benzene rings is 2. The first kappa shape index (κ1) is 19.8. The van der Waals surface area contributed by atoms with Crippen molar-refractivity contribution >= 4 is 5.91 Å². The number of hydrogen-bond donors (Lipinski definition) is 0. The van der Waals surface area contributed by atoms with Gasteiger partial charge < -0.3 is 14.4 Å². The predicted octanol–water partition coefficient (Wildman–Crippen LogP) is 3.76. The maximum atomic E-state index is 12.6. The highest BCUT2D eigenvalue weighted by Crippen LogP contribution is 2.30. The van der Waals surface area contributed by atoms with Gasteiger partial charge in [0.2, 0.25) is 0 Å².